The van der Waals surface area contributed by atoms with Crippen LogP contribution in [0.3, 0.4) is 0 Å². The van der Waals surface area contributed by atoms with Gasteiger partial charge >= 0.3 is 5.97 Å². The summed E-state index contributed by atoms with van der Waals surface area (Å²) in [6.45, 7) is 8.25. The number of benzene rings is 2. The van der Waals surface area contributed by atoms with Crippen molar-refractivity contribution in [2.45, 2.75) is 59.9 Å². The SMILES string of the molecule is CCCCCc1nc(N(C)C(=O)C=C(C)C)c(C(=O)OCC)n1Cc1ccc(-c2ccccc2-c2nn[nH]n2)cc1. The summed E-state index contributed by atoms with van der Waals surface area (Å²) in [6.07, 6.45) is 5.24. The van der Waals surface area contributed by atoms with E-state index in [0.29, 0.717) is 24.6 Å². The Morgan fingerprint density at radius 3 is 2.39 bits per heavy atom. The van der Waals surface area contributed by atoms with Crippen LogP contribution in [0.4, 0.5) is 5.82 Å². The minimum absolute atomic E-state index is 0.217. The first-order valence-corrected chi connectivity index (χ1v) is 13.9. The molecule has 0 bridgehead atoms. The summed E-state index contributed by atoms with van der Waals surface area (Å²) in [5.74, 6) is 0.838. The monoisotopic (exact) mass is 555 g/mol. The van der Waals surface area contributed by atoms with Gasteiger partial charge in [0.25, 0.3) is 5.91 Å². The minimum atomic E-state index is -0.501. The number of nitrogens with one attached hydrogen (secondary N) is 1. The number of esters is 1. The summed E-state index contributed by atoms with van der Waals surface area (Å²) in [7, 11) is 1.64. The van der Waals surface area contributed by atoms with Gasteiger partial charge in [-0.3, -0.25) is 9.69 Å². The van der Waals surface area contributed by atoms with Crippen molar-refractivity contribution < 1.29 is 14.3 Å². The molecule has 41 heavy (non-hydrogen) atoms. The van der Waals surface area contributed by atoms with Gasteiger partial charge in [0, 0.05) is 31.7 Å². The number of unbranched alkanes of at least 4 members (excludes halogenated alkanes) is 2. The number of nitrogens with zero attached hydrogens (tertiary/aromatic N) is 6. The van der Waals surface area contributed by atoms with Crippen LogP contribution in [0.1, 0.15) is 68.8 Å². The molecule has 0 saturated heterocycles. The molecule has 4 rings (SSSR count). The summed E-state index contributed by atoms with van der Waals surface area (Å²) in [4.78, 5) is 32.5. The van der Waals surface area contributed by atoms with E-state index < -0.39 is 5.97 Å². The number of carbonyl (C=O) groups is 2. The molecule has 2 aromatic heterocycles. The maximum absolute atomic E-state index is 13.3. The van der Waals surface area contributed by atoms with Crippen LogP contribution < -0.4 is 4.90 Å². The van der Waals surface area contributed by atoms with Gasteiger partial charge in [0.2, 0.25) is 5.82 Å². The molecular formula is C31H37N7O3. The van der Waals surface area contributed by atoms with E-state index in [1.54, 1.807) is 14.0 Å². The molecule has 10 nitrogen and oxygen atoms in total. The first-order chi connectivity index (χ1) is 19.8. The molecule has 1 amide bonds. The van der Waals surface area contributed by atoms with Crippen LogP contribution in [0, 0.1) is 0 Å². The lowest BCUT2D eigenvalue weighted by Gasteiger charge is -2.16. The van der Waals surface area contributed by atoms with Gasteiger partial charge in [-0.15, -0.1) is 10.2 Å². The summed E-state index contributed by atoms with van der Waals surface area (Å²) in [5.41, 5.74) is 4.99. The zero-order chi connectivity index (χ0) is 29.4. The molecule has 0 aliphatic carbocycles. The number of likely N-dealkylation sites (N-methyl/N-ethyl adjacent to an activating group) is 1. The Balaban J connectivity index is 1.73. The second kappa shape index (κ2) is 13.6. The van der Waals surface area contributed by atoms with Crippen LogP contribution in [-0.2, 0) is 22.5 Å². The number of anilines is 1. The number of ether oxygens (including phenoxy) is 1. The third kappa shape index (κ3) is 6.95. The first-order valence-electron chi connectivity index (χ1n) is 13.9. The number of hydrogen-bond donors (Lipinski definition) is 1. The molecule has 1 N–H and O–H groups in total. The Bertz CT molecular complexity index is 1500. The Kier molecular flexibility index (Phi) is 9.78. The zero-order valence-corrected chi connectivity index (χ0v) is 24.3. The fourth-order valence-corrected chi connectivity index (χ4v) is 4.64. The van der Waals surface area contributed by atoms with Crippen molar-refractivity contribution in [1.29, 1.82) is 0 Å². The topological polar surface area (TPSA) is 119 Å². The van der Waals surface area contributed by atoms with Crippen molar-refractivity contribution in [2.75, 3.05) is 18.6 Å². The molecule has 214 valence electrons. The van der Waals surface area contributed by atoms with Crippen molar-refractivity contribution in [3.05, 3.63) is 77.3 Å². The molecule has 0 aliphatic rings. The van der Waals surface area contributed by atoms with Crippen LogP contribution in [-0.4, -0.2) is 55.7 Å². The lowest BCUT2D eigenvalue weighted by atomic mass is 9.98. The van der Waals surface area contributed by atoms with Gasteiger partial charge in [-0.25, -0.2) is 9.78 Å². The number of aromatic nitrogens is 6. The van der Waals surface area contributed by atoms with Crippen LogP contribution >= 0.6 is 0 Å². The van der Waals surface area contributed by atoms with Crippen molar-refractivity contribution in [3.63, 3.8) is 0 Å². The van der Waals surface area contributed by atoms with Gasteiger partial charge in [-0.2, -0.15) is 5.21 Å². The van der Waals surface area contributed by atoms with Crippen LogP contribution in [0.15, 0.2) is 60.2 Å². The standard InChI is InChI=1S/C31H37N7O3/c1-6-8-9-14-26-32-30(37(5)27(39)19-21(3)4)28(31(40)41-7-2)38(26)20-22-15-17-23(18-16-22)24-12-10-11-13-25(24)29-33-35-36-34-29/h10-13,15-19H,6-9,14,20H2,1-5H3,(H,33,34,35,36). The number of aryl methyl sites for hydroxylation is 1. The lowest BCUT2D eigenvalue weighted by molar-refractivity contribution is -0.114. The highest BCUT2D eigenvalue weighted by atomic mass is 16.5. The molecule has 0 aliphatic heterocycles. The van der Waals surface area contributed by atoms with Gasteiger partial charge in [-0.1, -0.05) is 73.9 Å². The fraction of sp³-hybridized carbons (Fsp3) is 0.355. The molecule has 4 aromatic rings. The van der Waals surface area contributed by atoms with Crippen LogP contribution in [0.2, 0.25) is 0 Å². The molecular weight excluding hydrogens is 518 g/mol. The van der Waals surface area contributed by atoms with E-state index in [4.69, 9.17) is 9.72 Å². The van der Waals surface area contributed by atoms with Crippen molar-refractivity contribution in [2.24, 2.45) is 0 Å². The molecule has 10 heteroatoms. The average molecular weight is 556 g/mol. The quantitative estimate of drug-likeness (QED) is 0.137. The van der Waals surface area contributed by atoms with Gasteiger partial charge < -0.3 is 9.30 Å². The van der Waals surface area contributed by atoms with Crippen molar-refractivity contribution in [3.8, 4) is 22.5 Å². The maximum Gasteiger partial charge on any atom is 0.358 e. The molecule has 0 radical (unpaired) electrons. The Morgan fingerprint density at radius 1 is 1.02 bits per heavy atom. The number of rotatable bonds is 12. The highest BCUT2D eigenvalue weighted by molar-refractivity contribution is 6.05. The van der Waals surface area contributed by atoms with E-state index in [9.17, 15) is 9.59 Å². The van der Waals surface area contributed by atoms with Gasteiger partial charge in [0.1, 0.15) is 5.82 Å². The molecule has 2 heterocycles. The van der Waals surface area contributed by atoms with Crippen molar-refractivity contribution >= 4 is 17.7 Å². The van der Waals surface area contributed by atoms with E-state index >= 15 is 0 Å². The Hall–Kier alpha value is -4.60. The predicted octanol–water partition coefficient (Wildman–Crippen LogP) is 5.62. The molecule has 0 atom stereocenters. The normalized spacial score (nSPS) is 10.9. The van der Waals surface area contributed by atoms with E-state index in [0.717, 1.165) is 52.9 Å². The Labute approximate surface area is 240 Å². The molecule has 2 aromatic carbocycles. The van der Waals surface area contributed by atoms with Gasteiger partial charge in [0.05, 0.1) is 6.61 Å². The predicted molar refractivity (Wildman–Crippen MR) is 158 cm³/mol. The minimum Gasteiger partial charge on any atom is -0.461 e. The maximum atomic E-state index is 13.3. The second-order valence-corrected chi connectivity index (χ2v) is 10.1. The third-order valence-corrected chi connectivity index (χ3v) is 6.68. The van der Waals surface area contributed by atoms with E-state index in [1.807, 2.05) is 66.9 Å². The van der Waals surface area contributed by atoms with Gasteiger partial charge in [-0.05, 0) is 49.1 Å². The zero-order valence-electron chi connectivity index (χ0n) is 24.3. The van der Waals surface area contributed by atoms with Crippen LogP contribution in [0.5, 0.6) is 0 Å². The number of allylic oxidation sites excluding steroid dienone is 1. The fourth-order valence-electron chi connectivity index (χ4n) is 4.64. The van der Waals surface area contributed by atoms with Crippen LogP contribution in [0.25, 0.3) is 22.5 Å². The van der Waals surface area contributed by atoms with E-state index in [-0.39, 0.29) is 18.2 Å². The molecule has 0 saturated carbocycles. The summed E-state index contributed by atoms with van der Waals surface area (Å²) < 4.78 is 7.35. The number of hydrogen-bond acceptors (Lipinski definition) is 7. The number of imidazole rings is 1. The summed E-state index contributed by atoms with van der Waals surface area (Å²) >= 11 is 0. The third-order valence-electron chi connectivity index (χ3n) is 6.68. The molecule has 0 spiro atoms. The second-order valence-electron chi connectivity index (χ2n) is 10.1. The summed E-state index contributed by atoms with van der Waals surface area (Å²) in [5, 5.41) is 14.5. The first kappa shape index (κ1) is 29.4. The number of amides is 1. The molecule has 0 fully saturated rings. The number of tetrazole rings is 1. The largest absolute Gasteiger partial charge is 0.461 e. The average Bonchev–Trinajstić information content (AvgIpc) is 3.62. The van der Waals surface area contributed by atoms with Crippen molar-refractivity contribution in [1.82, 2.24) is 30.2 Å². The lowest BCUT2D eigenvalue weighted by Crippen LogP contribution is -2.27. The molecule has 0 unspecified atom stereocenters. The van der Waals surface area contributed by atoms with E-state index in [1.165, 1.54) is 11.0 Å². The summed E-state index contributed by atoms with van der Waals surface area (Å²) in [6, 6.07) is 16.0. The highest BCUT2D eigenvalue weighted by Gasteiger charge is 2.28. The highest BCUT2D eigenvalue weighted by Crippen LogP contribution is 2.30. The van der Waals surface area contributed by atoms with Gasteiger partial charge in [0.15, 0.2) is 11.5 Å². The van der Waals surface area contributed by atoms with E-state index in [2.05, 4.69) is 27.5 Å². The smallest absolute Gasteiger partial charge is 0.358 e. The number of carbonyl (C=O) groups excluding carboxylic acids is 2. The number of H-pyrrole nitrogens is 1. The number of aromatic amines is 1. The Morgan fingerprint density at radius 2 is 1.76 bits per heavy atom.